The highest BCUT2D eigenvalue weighted by atomic mass is 35.5. The minimum atomic E-state index is 0.458. The molecule has 0 spiro atoms. The van der Waals surface area contributed by atoms with Crippen LogP contribution in [0, 0.1) is 11.3 Å². The smallest absolute Gasteiger partial charge is 0.137 e. The van der Waals surface area contributed by atoms with Crippen LogP contribution in [0.2, 0.25) is 5.02 Å². The predicted molar refractivity (Wildman–Crippen MR) is 58.2 cm³/mol. The standard InChI is InChI=1S/C11H12ClNO2/c1-14-5-2-6-15-11-4-3-10(12)7-9(11)8-13/h3-4,7H,2,5-6H2,1H3. The molecule has 0 radical (unpaired) electrons. The number of benzene rings is 1. The van der Waals surface area contributed by atoms with Gasteiger partial charge in [-0.25, -0.2) is 0 Å². The zero-order valence-corrected chi connectivity index (χ0v) is 9.25. The van der Waals surface area contributed by atoms with Gasteiger partial charge in [0.15, 0.2) is 0 Å². The molecule has 4 heteroatoms. The topological polar surface area (TPSA) is 42.2 Å². The molecular formula is C11H12ClNO2. The van der Waals surface area contributed by atoms with Gasteiger partial charge in [0.2, 0.25) is 0 Å². The van der Waals surface area contributed by atoms with Gasteiger partial charge in [0.1, 0.15) is 11.8 Å². The molecule has 0 aromatic heterocycles. The first-order chi connectivity index (χ1) is 7.27. The van der Waals surface area contributed by atoms with Crippen molar-refractivity contribution in [3.8, 4) is 11.8 Å². The molecule has 0 aliphatic heterocycles. The van der Waals surface area contributed by atoms with E-state index in [0.29, 0.717) is 29.5 Å². The van der Waals surface area contributed by atoms with Gasteiger partial charge >= 0.3 is 0 Å². The summed E-state index contributed by atoms with van der Waals surface area (Å²) in [5.41, 5.74) is 0.458. The number of hydrogen-bond acceptors (Lipinski definition) is 3. The molecule has 0 bridgehead atoms. The fraction of sp³-hybridized carbons (Fsp3) is 0.364. The number of rotatable bonds is 5. The summed E-state index contributed by atoms with van der Waals surface area (Å²) in [4.78, 5) is 0. The van der Waals surface area contributed by atoms with Gasteiger partial charge in [-0.1, -0.05) is 11.6 Å². The first-order valence-corrected chi connectivity index (χ1v) is 4.97. The maximum absolute atomic E-state index is 8.83. The lowest BCUT2D eigenvalue weighted by Crippen LogP contribution is -2.02. The van der Waals surface area contributed by atoms with Gasteiger partial charge in [0, 0.05) is 25.2 Å². The van der Waals surface area contributed by atoms with E-state index < -0.39 is 0 Å². The van der Waals surface area contributed by atoms with Crippen molar-refractivity contribution in [1.29, 1.82) is 5.26 Å². The van der Waals surface area contributed by atoms with Crippen molar-refractivity contribution in [2.45, 2.75) is 6.42 Å². The third kappa shape index (κ3) is 3.78. The van der Waals surface area contributed by atoms with Crippen LogP contribution in [0.5, 0.6) is 5.75 Å². The Morgan fingerprint density at radius 2 is 2.20 bits per heavy atom. The SMILES string of the molecule is COCCCOc1ccc(Cl)cc1C#N. The summed E-state index contributed by atoms with van der Waals surface area (Å²) in [5.74, 6) is 0.568. The predicted octanol–water partition coefficient (Wildman–Crippen LogP) is 2.63. The molecule has 0 saturated carbocycles. The molecule has 0 heterocycles. The van der Waals surface area contributed by atoms with Gasteiger partial charge in [-0.3, -0.25) is 0 Å². The molecule has 0 atom stereocenters. The largest absolute Gasteiger partial charge is 0.492 e. The molecule has 80 valence electrons. The molecule has 1 rings (SSSR count). The number of hydrogen-bond donors (Lipinski definition) is 0. The van der Waals surface area contributed by atoms with Crippen molar-refractivity contribution in [2.24, 2.45) is 0 Å². The van der Waals surface area contributed by atoms with Gasteiger partial charge in [-0.15, -0.1) is 0 Å². The van der Waals surface area contributed by atoms with Crippen LogP contribution in [0.15, 0.2) is 18.2 Å². The van der Waals surface area contributed by atoms with E-state index in [2.05, 4.69) is 0 Å². The Hall–Kier alpha value is -1.24. The van der Waals surface area contributed by atoms with Crippen LogP contribution >= 0.6 is 11.6 Å². The number of nitriles is 1. The Labute approximate surface area is 94.2 Å². The number of methoxy groups -OCH3 is 1. The second-order valence-electron chi connectivity index (χ2n) is 2.95. The van der Waals surface area contributed by atoms with E-state index in [9.17, 15) is 0 Å². The third-order valence-electron chi connectivity index (χ3n) is 1.81. The van der Waals surface area contributed by atoms with Crippen LogP contribution in [0.25, 0.3) is 0 Å². The lowest BCUT2D eigenvalue weighted by atomic mass is 10.2. The number of halogens is 1. The summed E-state index contributed by atoms with van der Waals surface area (Å²) in [6.45, 7) is 1.18. The Morgan fingerprint density at radius 3 is 2.87 bits per heavy atom. The minimum absolute atomic E-state index is 0.458. The fourth-order valence-electron chi connectivity index (χ4n) is 1.10. The highest BCUT2D eigenvalue weighted by Gasteiger charge is 2.03. The van der Waals surface area contributed by atoms with Crippen LogP contribution in [-0.2, 0) is 4.74 Å². The van der Waals surface area contributed by atoms with E-state index >= 15 is 0 Å². The molecular weight excluding hydrogens is 214 g/mol. The first kappa shape index (κ1) is 11.8. The molecule has 0 fully saturated rings. The lowest BCUT2D eigenvalue weighted by molar-refractivity contribution is 0.172. The third-order valence-corrected chi connectivity index (χ3v) is 2.05. The van der Waals surface area contributed by atoms with Crippen LogP contribution in [-0.4, -0.2) is 20.3 Å². The second-order valence-corrected chi connectivity index (χ2v) is 3.38. The highest BCUT2D eigenvalue weighted by Crippen LogP contribution is 2.21. The average Bonchev–Trinajstić information content (AvgIpc) is 2.26. The molecule has 1 aromatic rings. The molecule has 0 aliphatic carbocycles. The van der Waals surface area contributed by atoms with Crippen LogP contribution in [0.4, 0.5) is 0 Å². The summed E-state index contributed by atoms with van der Waals surface area (Å²) in [5, 5.41) is 9.37. The average molecular weight is 226 g/mol. The van der Waals surface area contributed by atoms with E-state index in [-0.39, 0.29) is 0 Å². The zero-order chi connectivity index (χ0) is 11.1. The summed E-state index contributed by atoms with van der Waals surface area (Å²) in [7, 11) is 1.64. The van der Waals surface area contributed by atoms with Gasteiger partial charge in [0.25, 0.3) is 0 Å². The molecule has 0 N–H and O–H groups in total. The Kier molecular flexibility index (Phi) is 4.96. The zero-order valence-electron chi connectivity index (χ0n) is 8.50. The molecule has 1 aromatic carbocycles. The van der Waals surface area contributed by atoms with Crippen molar-refractivity contribution < 1.29 is 9.47 Å². The van der Waals surface area contributed by atoms with Crippen molar-refractivity contribution in [3.05, 3.63) is 28.8 Å². The van der Waals surface area contributed by atoms with Crippen molar-refractivity contribution in [2.75, 3.05) is 20.3 Å². The van der Waals surface area contributed by atoms with Gasteiger partial charge < -0.3 is 9.47 Å². The van der Waals surface area contributed by atoms with Crippen molar-refractivity contribution in [3.63, 3.8) is 0 Å². The Balaban J connectivity index is 2.57. The van der Waals surface area contributed by atoms with Gasteiger partial charge in [-0.2, -0.15) is 5.26 Å². The summed E-state index contributed by atoms with van der Waals surface area (Å²) in [6.07, 6.45) is 0.796. The van der Waals surface area contributed by atoms with Gasteiger partial charge in [-0.05, 0) is 18.2 Å². The van der Waals surface area contributed by atoms with E-state index in [0.717, 1.165) is 6.42 Å². The first-order valence-electron chi connectivity index (χ1n) is 4.59. The number of ether oxygens (including phenoxy) is 2. The quantitative estimate of drug-likeness (QED) is 0.724. The fourth-order valence-corrected chi connectivity index (χ4v) is 1.27. The Bertz CT molecular complexity index is 360. The van der Waals surface area contributed by atoms with Crippen molar-refractivity contribution >= 4 is 11.6 Å². The molecule has 0 unspecified atom stereocenters. The van der Waals surface area contributed by atoms with E-state index in [1.165, 1.54) is 0 Å². The van der Waals surface area contributed by atoms with Gasteiger partial charge in [0.05, 0.1) is 12.2 Å². The summed E-state index contributed by atoms with van der Waals surface area (Å²) in [6, 6.07) is 7.03. The number of nitrogens with zero attached hydrogens (tertiary/aromatic N) is 1. The van der Waals surface area contributed by atoms with Crippen LogP contribution in [0.1, 0.15) is 12.0 Å². The van der Waals surface area contributed by atoms with E-state index in [4.69, 9.17) is 26.3 Å². The second kappa shape index (κ2) is 6.28. The normalized spacial score (nSPS) is 9.67. The van der Waals surface area contributed by atoms with Crippen molar-refractivity contribution in [1.82, 2.24) is 0 Å². The maximum Gasteiger partial charge on any atom is 0.137 e. The van der Waals surface area contributed by atoms with Crippen LogP contribution in [0.3, 0.4) is 0 Å². The monoisotopic (exact) mass is 225 g/mol. The lowest BCUT2D eigenvalue weighted by Gasteiger charge is -2.07. The molecule has 0 amide bonds. The minimum Gasteiger partial charge on any atom is -0.492 e. The molecule has 0 saturated heterocycles. The van der Waals surface area contributed by atoms with E-state index in [1.807, 2.05) is 6.07 Å². The maximum atomic E-state index is 8.83. The van der Waals surface area contributed by atoms with E-state index in [1.54, 1.807) is 25.3 Å². The molecule has 3 nitrogen and oxygen atoms in total. The highest BCUT2D eigenvalue weighted by molar-refractivity contribution is 6.30. The summed E-state index contributed by atoms with van der Waals surface area (Å²) < 4.78 is 10.3. The summed E-state index contributed by atoms with van der Waals surface area (Å²) >= 11 is 5.75. The molecule has 0 aliphatic rings. The Morgan fingerprint density at radius 1 is 1.40 bits per heavy atom. The van der Waals surface area contributed by atoms with Crippen LogP contribution < -0.4 is 4.74 Å². The molecule has 15 heavy (non-hydrogen) atoms.